The summed E-state index contributed by atoms with van der Waals surface area (Å²) < 4.78 is 0. The Bertz CT molecular complexity index is 576. The van der Waals surface area contributed by atoms with Gasteiger partial charge in [-0.05, 0) is 31.5 Å². The van der Waals surface area contributed by atoms with Gasteiger partial charge < -0.3 is 4.90 Å². The van der Waals surface area contributed by atoms with Crippen molar-refractivity contribution < 1.29 is 4.79 Å². The van der Waals surface area contributed by atoms with Gasteiger partial charge in [-0.25, -0.2) is 4.98 Å². The van der Waals surface area contributed by atoms with Gasteiger partial charge >= 0.3 is 0 Å². The summed E-state index contributed by atoms with van der Waals surface area (Å²) in [4.78, 5) is 17.6. The molecule has 0 radical (unpaired) electrons. The molecule has 3 nitrogen and oxygen atoms in total. The topological polar surface area (TPSA) is 33.2 Å². The minimum Gasteiger partial charge on any atom is -0.355 e. The molecule has 0 N–H and O–H groups in total. The van der Waals surface area contributed by atoms with Crippen molar-refractivity contribution >= 4 is 11.6 Å². The average Bonchev–Trinajstić information content (AvgIpc) is 2.39. The summed E-state index contributed by atoms with van der Waals surface area (Å²) >= 11 is 0. The lowest BCUT2D eigenvalue weighted by molar-refractivity contribution is 0.101. The molecule has 0 fully saturated rings. The van der Waals surface area contributed by atoms with Gasteiger partial charge in [-0.3, -0.25) is 4.79 Å². The molecule has 0 aliphatic carbocycles. The summed E-state index contributed by atoms with van der Waals surface area (Å²) in [6.07, 6.45) is 1.63. The molecule has 0 unspecified atom stereocenters. The Morgan fingerprint density at radius 1 is 1.26 bits per heavy atom. The largest absolute Gasteiger partial charge is 0.355 e. The van der Waals surface area contributed by atoms with Crippen LogP contribution < -0.4 is 4.90 Å². The zero-order chi connectivity index (χ0) is 13.8. The van der Waals surface area contributed by atoms with Crippen molar-refractivity contribution in [3.63, 3.8) is 0 Å². The van der Waals surface area contributed by atoms with E-state index in [-0.39, 0.29) is 5.78 Å². The molecule has 0 amide bonds. The van der Waals surface area contributed by atoms with E-state index in [2.05, 4.69) is 41.1 Å². The Morgan fingerprint density at radius 3 is 2.63 bits per heavy atom. The maximum atomic E-state index is 11.2. The third-order valence-electron chi connectivity index (χ3n) is 3.05. The first kappa shape index (κ1) is 13.3. The van der Waals surface area contributed by atoms with Crippen molar-refractivity contribution in [2.24, 2.45) is 0 Å². The van der Waals surface area contributed by atoms with Gasteiger partial charge in [0.25, 0.3) is 0 Å². The van der Waals surface area contributed by atoms with Gasteiger partial charge in [0, 0.05) is 25.4 Å². The highest BCUT2D eigenvalue weighted by molar-refractivity contribution is 5.93. The van der Waals surface area contributed by atoms with Crippen LogP contribution in [0, 0.1) is 6.92 Å². The van der Waals surface area contributed by atoms with Gasteiger partial charge in [0.15, 0.2) is 5.78 Å². The Hall–Kier alpha value is -2.16. The second-order valence-corrected chi connectivity index (χ2v) is 4.81. The summed E-state index contributed by atoms with van der Waals surface area (Å²) in [5.74, 6) is 0.909. The number of rotatable bonds is 4. The number of anilines is 1. The number of Topliss-reactive ketones (excluding diaryl/α,β-unsaturated/α-hetero) is 1. The SMILES string of the molecule is CC(=O)c1ccc(N(C)Cc2cccc(C)c2)nc1. The predicted molar refractivity (Wildman–Crippen MR) is 77.5 cm³/mol. The molecule has 1 aromatic carbocycles. The van der Waals surface area contributed by atoms with E-state index in [9.17, 15) is 4.79 Å². The second-order valence-electron chi connectivity index (χ2n) is 4.81. The number of aromatic nitrogens is 1. The zero-order valence-electron chi connectivity index (χ0n) is 11.6. The van der Waals surface area contributed by atoms with E-state index in [1.165, 1.54) is 11.1 Å². The highest BCUT2D eigenvalue weighted by atomic mass is 16.1. The molecular formula is C16H18N2O. The van der Waals surface area contributed by atoms with Gasteiger partial charge in [-0.1, -0.05) is 29.8 Å². The Labute approximate surface area is 113 Å². The van der Waals surface area contributed by atoms with Crippen LogP contribution in [-0.4, -0.2) is 17.8 Å². The fourth-order valence-electron chi connectivity index (χ4n) is 1.99. The van der Waals surface area contributed by atoms with Gasteiger partial charge in [0.05, 0.1) is 0 Å². The fourth-order valence-corrected chi connectivity index (χ4v) is 1.99. The number of nitrogens with zero attached hydrogens (tertiary/aromatic N) is 2. The van der Waals surface area contributed by atoms with E-state index in [0.717, 1.165) is 12.4 Å². The fraction of sp³-hybridized carbons (Fsp3) is 0.250. The Morgan fingerprint density at radius 2 is 2.05 bits per heavy atom. The van der Waals surface area contributed by atoms with Crippen molar-refractivity contribution in [1.29, 1.82) is 0 Å². The van der Waals surface area contributed by atoms with E-state index in [1.807, 2.05) is 19.2 Å². The smallest absolute Gasteiger partial charge is 0.161 e. The van der Waals surface area contributed by atoms with Crippen LogP contribution in [0.15, 0.2) is 42.6 Å². The van der Waals surface area contributed by atoms with Gasteiger partial charge in [-0.2, -0.15) is 0 Å². The van der Waals surface area contributed by atoms with E-state index >= 15 is 0 Å². The monoisotopic (exact) mass is 254 g/mol. The van der Waals surface area contributed by atoms with Gasteiger partial charge in [-0.15, -0.1) is 0 Å². The van der Waals surface area contributed by atoms with Crippen molar-refractivity contribution in [3.05, 3.63) is 59.3 Å². The Kier molecular flexibility index (Phi) is 3.95. The summed E-state index contributed by atoms with van der Waals surface area (Å²) in [5.41, 5.74) is 3.15. The molecule has 0 saturated heterocycles. The normalized spacial score (nSPS) is 10.3. The molecular weight excluding hydrogens is 236 g/mol. The third-order valence-corrected chi connectivity index (χ3v) is 3.05. The molecule has 1 heterocycles. The summed E-state index contributed by atoms with van der Waals surface area (Å²) in [6.45, 7) is 4.44. The van der Waals surface area contributed by atoms with E-state index in [1.54, 1.807) is 13.1 Å². The van der Waals surface area contributed by atoms with Crippen LogP contribution in [-0.2, 0) is 6.54 Å². The lowest BCUT2D eigenvalue weighted by Gasteiger charge is -2.18. The van der Waals surface area contributed by atoms with Crippen molar-refractivity contribution in [1.82, 2.24) is 4.98 Å². The predicted octanol–water partition coefficient (Wildman–Crippen LogP) is 3.23. The highest BCUT2D eigenvalue weighted by Crippen LogP contribution is 2.14. The molecule has 0 aliphatic heterocycles. The lowest BCUT2D eigenvalue weighted by Crippen LogP contribution is -2.17. The van der Waals surface area contributed by atoms with Crippen molar-refractivity contribution in [3.8, 4) is 0 Å². The number of carbonyl (C=O) groups excluding carboxylic acids is 1. The highest BCUT2D eigenvalue weighted by Gasteiger charge is 2.05. The molecule has 1 aromatic heterocycles. The van der Waals surface area contributed by atoms with Gasteiger partial charge in [0.1, 0.15) is 5.82 Å². The number of hydrogen-bond acceptors (Lipinski definition) is 3. The molecule has 0 bridgehead atoms. The van der Waals surface area contributed by atoms with E-state index < -0.39 is 0 Å². The summed E-state index contributed by atoms with van der Waals surface area (Å²) in [5, 5.41) is 0. The maximum Gasteiger partial charge on any atom is 0.161 e. The summed E-state index contributed by atoms with van der Waals surface area (Å²) in [6, 6.07) is 12.1. The van der Waals surface area contributed by atoms with Crippen LogP contribution in [0.25, 0.3) is 0 Å². The Balaban J connectivity index is 2.11. The van der Waals surface area contributed by atoms with E-state index in [4.69, 9.17) is 0 Å². The van der Waals surface area contributed by atoms with E-state index in [0.29, 0.717) is 5.56 Å². The first-order chi connectivity index (χ1) is 9.06. The van der Waals surface area contributed by atoms with Crippen LogP contribution >= 0.6 is 0 Å². The molecule has 0 aliphatic rings. The number of benzene rings is 1. The maximum absolute atomic E-state index is 11.2. The molecule has 98 valence electrons. The standard InChI is InChI=1S/C16H18N2O/c1-12-5-4-6-14(9-12)11-18(3)16-8-7-15(10-17-16)13(2)19/h4-10H,11H2,1-3H3. The average molecular weight is 254 g/mol. The molecule has 2 aromatic rings. The first-order valence-corrected chi connectivity index (χ1v) is 6.30. The van der Waals surface area contributed by atoms with Gasteiger partial charge in [0.2, 0.25) is 0 Å². The number of carbonyl (C=O) groups is 1. The second kappa shape index (κ2) is 5.65. The molecule has 2 rings (SSSR count). The number of pyridine rings is 1. The van der Waals surface area contributed by atoms with Crippen LogP contribution in [0.1, 0.15) is 28.4 Å². The number of hydrogen-bond donors (Lipinski definition) is 0. The van der Waals surface area contributed by atoms with Crippen LogP contribution in [0.2, 0.25) is 0 Å². The molecule has 19 heavy (non-hydrogen) atoms. The van der Waals surface area contributed by atoms with Crippen LogP contribution in [0.3, 0.4) is 0 Å². The molecule has 0 saturated carbocycles. The third kappa shape index (κ3) is 3.41. The number of ketones is 1. The minimum atomic E-state index is 0.0420. The molecule has 3 heteroatoms. The zero-order valence-corrected chi connectivity index (χ0v) is 11.6. The van der Waals surface area contributed by atoms with Crippen molar-refractivity contribution in [2.45, 2.75) is 20.4 Å². The quantitative estimate of drug-likeness (QED) is 0.785. The minimum absolute atomic E-state index is 0.0420. The van der Waals surface area contributed by atoms with Crippen LogP contribution in [0.5, 0.6) is 0 Å². The van der Waals surface area contributed by atoms with Crippen molar-refractivity contribution in [2.75, 3.05) is 11.9 Å². The van der Waals surface area contributed by atoms with Crippen LogP contribution in [0.4, 0.5) is 5.82 Å². The summed E-state index contributed by atoms with van der Waals surface area (Å²) in [7, 11) is 2.00. The number of aryl methyl sites for hydroxylation is 1. The molecule has 0 atom stereocenters. The lowest BCUT2D eigenvalue weighted by atomic mass is 10.1. The molecule has 0 spiro atoms. The first-order valence-electron chi connectivity index (χ1n) is 6.30.